The maximum atomic E-state index is 6.04. The lowest BCUT2D eigenvalue weighted by molar-refractivity contribution is 0.478. The normalized spacial score (nSPS) is 13.2. The van der Waals surface area contributed by atoms with Crippen molar-refractivity contribution in [2.24, 2.45) is 0 Å². The van der Waals surface area contributed by atoms with E-state index in [1.807, 2.05) is 77.5 Å². The van der Waals surface area contributed by atoms with Gasteiger partial charge in [0.05, 0.1) is 17.6 Å². The van der Waals surface area contributed by atoms with Gasteiger partial charge in [-0.15, -0.1) is 11.7 Å². The monoisotopic (exact) mass is 374 g/mol. The lowest BCUT2D eigenvalue weighted by Gasteiger charge is -2.27. The molecular formula is C22H19ClN4. The van der Waals surface area contributed by atoms with Gasteiger partial charge < -0.3 is 5.32 Å². The minimum Gasteiger partial charge on any atom is -0.376 e. The lowest BCUT2D eigenvalue weighted by Crippen LogP contribution is -2.23. The number of halogens is 1. The topological polar surface area (TPSA) is 42.7 Å². The molecule has 0 saturated heterocycles. The van der Waals surface area contributed by atoms with Crippen LogP contribution in [0.3, 0.4) is 0 Å². The number of nitrogens with zero attached hydrogens (tertiary/aromatic N) is 3. The van der Waals surface area contributed by atoms with Gasteiger partial charge in [-0.2, -0.15) is 0 Å². The van der Waals surface area contributed by atoms with Crippen LogP contribution in [0.1, 0.15) is 17.6 Å². The van der Waals surface area contributed by atoms with E-state index in [2.05, 4.69) is 34.3 Å². The number of nitrogens with one attached hydrogen (secondary N) is 1. The molecule has 3 aromatic carbocycles. The highest BCUT2D eigenvalue weighted by atomic mass is 35.5. The third kappa shape index (κ3) is 3.57. The maximum absolute atomic E-state index is 6.04. The molecule has 5 heteroatoms. The van der Waals surface area contributed by atoms with E-state index in [0.717, 1.165) is 22.3 Å². The SMILES string of the molecule is C=CC(C(Nc1ccc(Cl)cc1)c1ccccc1)n1nnc2ccccc21. The summed E-state index contributed by atoms with van der Waals surface area (Å²) in [5.41, 5.74) is 3.95. The Bertz CT molecular complexity index is 1040. The highest BCUT2D eigenvalue weighted by molar-refractivity contribution is 6.30. The van der Waals surface area contributed by atoms with Crippen LogP contribution >= 0.6 is 11.6 Å². The summed E-state index contributed by atoms with van der Waals surface area (Å²) < 4.78 is 1.92. The number of anilines is 1. The second kappa shape index (κ2) is 7.64. The van der Waals surface area contributed by atoms with Crippen molar-refractivity contribution in [2.45, 2.75) is 12.1 Å². The van der Waals surface area contributed by atoms with Crippen LogP contribution in [0, 0.1) is 0 Å². The number of hydrogen-bond donors (Lipinski definition) is 1. The molecule has 0 aliphatic carbocycles. The average Bonchev–Trinajstić information content (AvgIpc) is 3.14. The Morgan fingerprint density at radius 2 is 1.63 bits per heavy atom. The van der Waals surface area contributed by atoms with Crippen molar-refractivity contribution in [1.82, 2.24) is 15.0 Å². The average molecular weight is 375 g/mol. The van der Waals surface area contributed by atoms with E-state index in [1.165, 1.54) is 0 Å². The van der Waals surface area contributed by atoms with Crippen LogP contribution in [0.4, 0.5) is 5.69 Å². The minimum atomic E-state index is -0.129. The molecule has 0 bridgehead atoms. The Labute approximate surface area is 163 Å². The first-order chi connectivity index (χ1) is 13.3. The van der Waals surface area contributed by atoms with E-state index >= 15 is 0 Å². The number of fused-ring (bicyclic) bond motifs is 1. The van der Waals surface area contributed by atoms with E-state index in [1.54, 1.807) is 0 Å². The highest BCUT2D eigenvalue weighted by Crippen LogP contribution is 2.32. The van der Waals surface area contributed by atoms with Gasteiger partial charge in [0.1, 0.15) is 5.52 Å². The molecule has 4 rings (SSSR count). The van der Waals surface area contributed by atoms with Gasteiger partial charge in [-0.1, -0.05) is 65.4 Å². The van der Waals surface area contributed by atoms with Crippen molar-refractivity contribution in [3.63, 3.8) is 0 Å². The van der Waals surface area contributed by atoms with Crippen LogP contribution < -0.4 is 5.32 Å². The molecule has 0 spiro atoms. The molecule has 1 aromatic heterocycles. The summed E-state index contributed by atoms with van der Waals surface area (Å²) in [5.74, 6) is 0. The predicted molar refractivity (Wildman–Crippen MR) is 111 cm³/mol. The summed E-state index contributed by atoms with van der Waals surface area (Å²) in [6.45, 7) is 4.08. The first kappa shape index (κ1) is 17.3. The van der Waals surface area contributed by atoms with E-state index in [4.69, 9.17) is 11.6 Å². The third-order valence-electron chi connectivity index (χ3n) is 4.57. The van der Waals surface area contributed by atoms with Crippen LogP contribution in [0.2, 0.25) is 5.02 Å². The molecule has 2 atom stereocenters. The van der Waals surface area contributed by atoms with E-state index in [0.29, 0.717) is 5.02 Å². The first-order valence-corrected chi connectivity index (χ1v) is 9.13. The van der Waals surface area contributed by atoms with Gasteiger partial charge in [-0.05, 0) is 42.0 Å². The van der Waals surface area contributed by atoms with Crippen LogP contribution in [0.5, 0.6) is 0 Å². The molecular weight excluding hydrogens is 356 g/mol. The van der Waals surface area contributed by atoms with E-state index in [9.17, 15) is 0 Å². The Morgan fingerprint density at radius 1 is 0.926 bits per heavy atom. The van der Waals surface area contributed by atoms with Gasteiger partial charge in [0, 0.05) is 10.7 Å². The largest absolute Gasteiger partial charge is 0.376 e. The zero-order valence-electron chi connectivity index (χ0n) is 14.7. The van der Waals surface area contributed by atoms with Crippen molar-refractivity contribution in [3.8, 4) is 0 Å². The fourth-order valence-corrected chi connectivity index (χ4v) is 3.36. The van der Waals surface area contributed by atoms with Crippen molar-refractivity contribution in [3.05, 3.63) is 102 Å². The summed E-state index contributed by atoms with van der Waals surface area (Å²) in [5, 5.41) is 13.0. The minimum absolute atomic E-state index is 0.0741. The molecule has 4 aromatic rings. The van der Waals surface area contributed by atoms with E-state index in [-0.39, 0.29) is 12.1 Å². The van der Waals surface area contributed by atoms with Gasteiger partial charge in [0.2, 0.25) is 0 Å². The molecule has 0 fully saturated rings. The van der Waals surface area contributed by atoms with Crippen molar-refractivity contribution >= 4 is 28.3 Å². The van der Waals surface area contributed by atoms with Crippen LogP contribution in [-0.4, -0.2) is 15.0 Å². The predicted octanol–water partition coefficient (Wildman–Crippen LogP) is 5.67. The quantitative estimate of drug-likeness (QED) is 0.442. The van der Waals surface area contributed by atoms with E-state index < -0.39 is 0 Å². The molecule has 1 heterocycles. The molecule has 0 amide bonds. The van der Waals surface area contributed by atoms with Crippen molar-refractivity contribution in [2.75, 3.05) is 5.32 Å². The van der Waals surface area contributed by atoms with Gasteiger partial charge in [0.25, 0.3) is 0 Å². The molecule has 0 saturated carbocycles. The molecule has 0 aliphatic rings. The summed E-state index contributed by atoms with van der Waals surface area (Å²) in [6.07, 6.45) is 1.90. The fourth-order valence-electron chi connectivity index (χ4n) is 3.24. The third-order valence-corrected chi connectivity index (χ3v) is 4.82. The van der Waals surface area contributed by atoms with Gasteiger partial charge in [-0.25, -0.2) is 4.68 Å². The Hall–Kier alpha value is -3.11. The number of hydrogen-bond acceptors (Lipinski definition) is 3. The summed E-state index contributed by atoms with van der Waals surface area (Å²) in [7, 11) is 0. The van der Waals surface area contributed by atoms with Gasteiger partial charge >= 0.3 is 0 Å². The summed E-state index contributed by atoms with van der Waals surface area (Å²) in [6, 6.07) is 25.7. The molecule has 27 heavy (non-hydrogen) atoms. The number of rotatable bonds is 6. The summed E-state index contributed by atoms with van der Waals surface area (Å²) in [4.78, 5) is 0. The van der Waals surface area contributed by atoms with Crippen LogP contribution in [-0.2, 0) is 0 Å². The standard InChI is InChI=1S/C22H19ClN4/c1-2-20(27-21-11-7-6-10-19(21)25-26-27)22(16-8-4-3-5-9-16)24-18-14-12-17(23)13-15-18/h2-15,20,22,24H,1H2. The first-order valence-electron chi connectivity index (χ1n) is 8.76. The lowest BCUT2D eigenvalue weighted by atomic mass is 9.98. The Balaban J connectivity index is 1.78. The highest BCUT2D eigenvalue weighted by Gasteiger charge is 2.25. The molecule has 4 nitrogen and oxygen atoms in total. The number of para-hydroxylation sites is 1. The van der Waals surface area contributed by atoms with Gasteiger partial charge in [0.15, 0.2) is 0 Å². The van der Waals surface area contributed by atoms with Crippen molar-refractivity contribution < 1.29 is 0 Å². The van der Waals surface area contributed by atoms with Crippen molar-refractivity contribution in [1.29, 1.82) is 0 Å². The van der Waals surface area contributed by atoms with Gasteiger partial charge in [-0.3, -0.25) is 0 Å². The maximum Gasteiger partial charge on any atom is 0.113 e. The molecule has 2 unspecified atom stereocenters. The molecule has 134 valence electrons. The second-order valence-corrected chi connectivity index (χ2v) is 6.73. The smallest absolute Gasteiger partial charge is 0.113 e. The Kier molecular flexibility index (Phi) is 4.90. The fraction of sp³-hybridized carbons (Fsp3) is 0.0909. The molecule has 0 radical (unpaired) electrons. The van der Waals surface area contributed by atoms with Crippen LogP contribution in [0.15, 0.2) is 91.5 Å². The zero-order chi connectivity index (χ0) is 18.6. The molecule has 0 aliphatic heterocycles. The number of benzene rings is 3. The Morgan fingerprint density at radius 3 is 2.37 bits per heavy atom. The number of aromatic nitrogens is 3. The summed E-state index contributed by atoms with van der Waals surface area (Å²) >= 11 is 6.04. The second-order valence-electron chi connectivity index (χ2n) is 6.29. The molecule has 1 N–H and O–H groups in total. The van der Waals surface area contributed by atoms with Crippen LogP contribution in [0.25, 0.3) is 11.0 Å². The zero-order valence-corrected chi connectivity index (χ0v) is 15.4.